The van der Waals surface area contributed by atoms with Crippen molar-refractivity contribution in [1.82, 2.24) is 13.9 Å². The molecule has 1 aliphatic rings. The predicted molar refractivity (Wildman–Crippen MR) is 83.8 cm³/mol. The monoisotopic (exact) mass is 305 g/mol. The molecule has 5 nitrogen and oxygen atoms in total. The van der Waals surface area contributed by atoms with Gasteiger partial charge in [-0.1, -0.05) is 0 Å². The van der Waals surface area contributed by atoms with Crippen LogP contribution in [-0.4, -0.2) is 55.9 Å². The van der Waals surface area contributed by atoms with E-state index in [1.807, 2.05) is 6.92 Å². The summed E-state index contributed by atoms with van der Waals surface area (Å²) >= 11 is 0. The van der Waals surface area contributed by atoms with Crippen molar-refractivity contribution in [2.24, 2.45) is 5.92 Å². The molecule has 1 rings (SSSR count). The second kappa shape index (κ2) is 7.20. The van der Waals surface area contributed by atoms with E-state index in [-0.39, 0.29) is 6.04 Å². The fourth-order valence-electron chi connectivity index (χ4n) is 2.61. The molecule has 0 bridgehead atoms. The van der Waals surface area contributed by atoms with E-state index in [1.165, 1.54) is 4.31 Å². The number of hydrogen-bond donors (Lipinski definition) is 1. The Bertz CT molecular complexity index is 383. The van der Waals surface area contributed by atoms with Crippen LogP contribution in [0.1, 0.15) is 47.5 Å². The van der Waals surface area contributed by atoms with Crippen molar-refractivity contribution in [3.05, 3.63) is 0 Å². The molecule has 1 saturated carbocycles. The molecule has 0 saturated heterocycles. The molecular weight excluding hydrogens is 274 g/mol. The van der Waals surface area contributed by atoms with Crippen molar-refractivity contribution in [3.8, 4) is 0 Å². The van der Waals surface area contributed by atoms with Crippen molar-refractivity contribution < 1.29 is 8.42 Å². The summed E-state index contributed by atoms with van der Waals surface area (Å²) in [6.45, 7) is 11.7. The van der Waals surface area contributed by atoms with Gasteiger partial charge in [-0.2, -0.15) is 12.7 Å². The highest BCUT2D eigenvalue weighted by Crippen LogP contribution is 2.35. The molecule has 1 fully saturated rings. The van der Waals surface area contributed by atoms with Gasteiger partial charge in [-0.15, -0.1) is 0 Å². The lowest BCUT2D eigenvalue weighted by molar-refractivity contribution is 0.178. The fourth-order valence-corrected chi connectivity index (χ4v) is 3.78. The molecule has 0 amide bonds. The van der Waals surface area contributed by atoms with Crippen LogP contribution < -0.4 is 4.72 Å². The van der Waals surface area contributed by atoms with Crippen molar-refractivity contribution in [2.45, 2.75) is 65.6 Å². The van der Waals surface area contributed by atoms with Gasteiger partial charge < -0.3 is 0 Å². The van der Waals surface area contributed by atoms with Gasteiger partial charge in [0.2, 0.25) is 0 Å². The minimum Gasteiger partial charge on any atom is -0.297 e. The summed E-state index contributed by atoms with van der Waals surface area (Å²) in [5, 5.41) is 0. The van der Waals surface area contributed by atoms with Crippen LogP contribution in [-0.2, 0) is 10.2 Å². The molecule has 1 unspecified atom stereocenters. The standard InChI is InChI=1S/C14H31N3O2S/c1-11(2)17(12(3)4)10-9-15-20(18,19)16(6)13(5)14-7-8-14/h11-15H,7-10H2,1-6H3. The molecule has 0 radical (unpaired) electrons. The van der Waals surface area contributed by atoms with Gasteiger partial charge in [-0.3, -0.25) is 4.90 Å². The first-order valence-corrected chi connectivity index (χ1v) is 9.09. The first-order valence-electron chi connectivity index (χ1n) is 7.65. The lowest BCUT2D eigenvalue weighted by Gasteiger charge is -2.31. The Hall–Kier alpha value is -0.170. The van der Waals surface area contributed by atoms with E-state index in [0.717, 1.165) is 19.4 Å². The van der Waals surface area contributed by atoms with Gasteiger partial charge in [0.25, 0.3) is 10.2 Å². The molecule has 6 heteroatoms. The summed E-state index contributed by atoms with van der Waals surface area (Å²) in [5.41, 5.74) is 0. The summed E-state index contributed by atoms with van der Waals surface area (Å²) in [7, 11) is -1.68. The largest absolute Gasteiger partial charge is 0.297 e. The molecule has 20 heavy (non-hydrogen) atoms. The lowest BCUT2D eigenvalue weighted by atomic mass is 10.2. The van der Waals surface area contributed by atoms with Crippen molar-refractivity contribution in [3.63, 3.8) is 0 Å². The maximum Gasteiger partial charge on any atom is 0.279 e. The zero-order chi connectivity index (χ0) is 15.5. The number of rotatable bonds is 9. The topological polar surface area (TPSA) is 52.7 Å². The van der Waals surface area contributed by atoms with E-state index in [9.17, 15) is 8.42 Å². The van der Waals surface area contributed by atoms with Gasteiger partial charge in [0.1, 0.15) is 0 Å². The summed E-state index contributed by atoms with van der Waals surface area (Å²) in [5.74, 6) is 0.541. The van der Waals surface area contributed by atoms with E-state index in [0.29, 0.717) is 24.5 Å². The highest BCUT2D eigenvalue weighted by Gasteiger charge is 2.35. The van der Waals surface area contributed by atoms with Crippen LogP contribution in [0.15, 0.2) is 0 Å². The van der Waals surface area contributed by atoms with Crippen molar-refractivity contribution in [1.29, 1.82) is 0 Å². The summed E-state index contributed by atoms with van der Waals surface area (Å²) < 4.78 is 28.6. The van der Waals surface area contributed by atoms with Crippen LogP contribution >= 0.6 is 0 Å². The van der Waals surface area contributed by atoms with Crippen LogP contribution in [0, 0.1) is 5.92 Å². The minimum absolute atomic E-state index is 0.0961. The molecule has 0 aromatic heterocycles. The Morgan fingerprint density at radius 2 is 1.60 bits per heavy atom. The van der Waals surface area contributed by atoms with Crippen LogP contribution in [0.25, 0.3) is 0 Å². The normalized spacial score (nSPS) is 18.5. The average molecular weight is 305 g/mol. The summed E-state index contributed by atoms with van der Waals surface area (Å²) in [4.78, 5) is 2.28. The molecule has 1 atom stereocenters. The first kappa shape index (κ1) is 17.9. The van der Waals surface area contributed by atoms with Crippen LogP contribution in [0.4, 0.5) is 0 Å². The third kappa shape index (κ3) is 4.98. The van der Waals surface area contributed by atoms with E-state index in [4.69, 9.17) is 0 Å². The van der Waals surface area contributed by atoms with Gasteiger partial charge in [-0.05, 0) is 53.4 Å². The molecule has 0 aromatic carbocycles. The Morgan fingerprint density at radius 3 is 2.00 bits per heavy atom. The third-order valence-corrected chi connectivity index (χ3v) is 5.90. The van der Waals surface area contributed by atoms with Crippen LogP contribution in [0.5, 0.6) is 0 Å². The molecule has 120 valence electrons. The fraction of sp³-hybridized carbons (Fsp3) is 1.00. The number of nitrogens with one attached hydrogen (secondary N) is 1. The molecule has 1 aliphatic carbocycles. The second-order valence-corrected chi connectivity index (χ2v) is 8.23. The van der Waals surface area contributed by atoms with Gasteiger partial charge in [-0.25, -0.2) is 4.72 Å². The number of nitrogens with zero attached hydrogens (tertiary/aromatic N) is 2. The van der Waals surface area contributed by atoms with Crippen LogP contribution in [0.2, 0.25) is 0 Å². The lowest BCUT2D eigenvalue weighted by Crippen LogP contribution is -2.47. The van der Waals surface area contributed by atoms with Gasteiger partial charge in [0.05, 0.1) is 0 Å². The van der Waals surface area contributed by atoms with Gasteiger partial charge in [0, 0.05) is 38.3 Å². The van der Waals surface area contributed by atoms with E-state index >= 15 is 0 Å². The highest BCUT2D eigenvalue weighted by atomic mass is 32.2. The zero-order valence-electron chi connectivity index (χ0n) is 13.8. The maximum absolute atomic E-state index is 12.2. The summed E-state index contributed by atoms with van der Waals surface area (Å²) in [6.07, 6.45) is 2.30. The highest BCUT2D eigenvalue weighted by molar-refractivity contribution is 7.87. The molecule has 0 aromatic rings. The maximum atomic E-state index is 12.2. The van der Waals surface area contributed by atoms with Crippen molar-refractivity contribution >= 4 is 10.2 Å². The zero-order valence-corrected chi connectivity index (χ0v) is 14.6. The molecular formula is C14H31N3O2S. The average Bonchev–Trinajstić information content (AvgIpc) is 3.15. The van der Waals surface area contributed by atoms with Gasteiger partial charge >= 0.3 is 0 Å². The van der Waals surface area contributed by atoms with E-state index < -0.39 is 10.2 Å². The second-order valence-electron chi connectivity index (χ2n) is 6.42. The Morgan fingerprint density at radius 1 is 1.10 bits per heavy atom. The smallest absolute Gasteiger partial charge is 0.279 e. The molecule has 1 N–H and O–H groups in total. The van der Waals surface area contributed by atoms with Gasteiger partial charge in [0.15, 0.2) is 0 Å². The Labute approximate surface area is 124 Å². The summed E-state index contributed by atoms with van der Waals surface area (Å²) in [6, 6.07) is 0.934. The Kier molecular flexibility index (Phi) is 6.44. The van der Waals surface area contributed by atoms with E-state index in [1.54, 1.807) is 7.05 Å². The molecule has 0 aliphatic heterocycles. The number of hydrogen-bond acceptors (Lipinski definition) is 3. The SMILES string of the molecule is CC(C)N(CCNS(=O)(=O)N(C)C(C)C1CC1)C(C)C. The first-order chi connectivity index (χ1) is 9.16. The molecule has 0 spiro atoms. The minimum atomic E-state index is -3.35. The van der Waals surface area contributed by atoms with Crippen molar-refractivity contribution in [2.75, 3.05) is 20.1 Å². The molecule has 0 heterocycles. The predicted octanol–water partition coefficient (Wildman–Crippen LogP) is 1.67. The van der Waals surface area contributed by atoms with E-state index in [2.05, 4.69) is 37.3 Å². The van der Waals surface area contributed by atoms with Crippen LogP contribution in [0.3, 0.4) is 0 Å². The Balaban J connectivity index is 2.46. The third-order valence-electron chi connectivity index (χ3n) is 4.24. The quantitative estimate of drug-likeness (QED) is 0.705.